The summed E-state index contributed by atoms with van der Waals surface area (Å²) in [6.07, 6.45) is 4.64. The number of rotatable bonds is 6. The minimum absolute atomic E-state index is 0.0762. The molecule has 1 saturated heterocycles. The molecule has 0 spiro atoms. The molecule has 5 unspecified atom stereocenters. The maximum absolute atomic E-state index is 14.5. The average Bonchev–Trinajstić information content (AvgIpc) is 4.04. The third-order valence-corrected chi connectivity index (χ3v) is 13.8. The summed E-state index contributed by atoms with van der Waals surface area (Å²) in [4.78, 5) is 72.2. The van der Waals surface area contributed by atoms with Crippen LogP contribution >= 0.6 is 0 Å². The number of sulfonamides is 1. The van der Waals surface area contributed by atoms with Gasteiger partial charge in [0.15, 0.2) is 0 Å². The molecule has 0 aromatic heterocycles. The van der Waals surface area contributed by atoms with Crippen LogP contribution < -0.4 is 15.4 Å². The molecule has 0 radical (unpaired) electrons. The second-order valence-corrected chi connectivity index (χ2v) is 19.1. The predicted molar refractivity (Wildman–Crippen MR) is 192 cm³/mol. The SMILES string of the molecule is C=C[C@@H]1C[C@]1(NC(=O)C1CC2CN1C(=O)C(C(C)(C)C)NC(=O)OC1(C)CC1CCCCc1cccc3c1CN(C3)C(=O)O2)C(=O)NS(=O)(=O)C1CC1. The summed E-state index contributed by atoms with van der Waals surface area (Å²) in [7, 11) is -3.91. The van der Waals surface area contributed by atoms with Gasteiger partial charge in [-0.1, -0.05) is 51.5 Å². The lowest BCUT2D eigenvalue weighted by atomic mass is 9.85. The number of aryl methyl sites for hydroxylation is 1. The molecule has 3 aliphatic heterocycles. The lowest BCUT2D eigenvalue weighted by Gasteiger charge is -2.35. The van der Waals surface area contributed by atoms with Crippen molar-refractivity contribution in [1.29, 1.82) is 0 Å². The second-order valence-electron chi connectivity index (χ2n) is 17.1. The fourth-order valence-corrected chi connectivity index (χ4v) is 9.67. The first kappa shape index (κ1) is 37.2. The Labute approximate surface area is 310 Å². The van der Waals surface area contributed by atoms with Crippen molar-refractivity contribution in [3.8, 4) is 0 Å². The van der Waals surface area contributed by atoms with Gasteiger partial charge in [-0.05, 0) is 74.0 Å². The maximum Gasteiger partial charge on any atom is 0.410 e. The van der Waals surface area contributed by atoms with E-state index in [0.717, 1.165) is 43.2 Å². The predicted octanol–water partition coefficient (Wildman–Crippen LogP) is 3.42. The topological polar surface area (TPSA) is 181 Å². The van der Waals surface area contributed by atoms with Crippen LogP contribution in [0.4, 0.5) is 9.59 Å². The molecular weight excluding hydrogens is 703 g/mol. The third kappa shape index (κ3) is 7.37. The number of amides is 5. The number of fused-ring (bicyclic) bond motifs is 4. The Balaban J connectivity index is 1.16. The van der Waals surface area contributed by atoms with Crippen molar-refractivity contribution in [2.24, 2.45) is 17.3 Å². The van der Waals surface area contributed by atoms with E-state index in [1.54, 1.807) is 25.7 Å². The molecule has 1 aromatic rings. The molecular formula is C38H51N5O9S. The highest BCUT2D eigenvalue weighted by Crippen LogP contribution is 2.50. The Morgan fingerprint density at radius 3 is 2.47 bits per heavy atom. The van der Waals surface area contributed by atoms with Gasteiger partial charge in [-0.25, -0.2) is 18.0 Å². The number of nitrogens with zero attached hydrogens (tertiary/aromatic N) is 2. The number of nitrogens with one attached hydrogen (secondary N) is 3. The van der Waals surface area contributed by atoms with E-state index >= 15 is 0 Å². The Morgan fingerprint density at radius 1 is 1.06 bits per heavy atom. The average molecular weight is 754 g/mol. The lowest BCUT2D eigenvalue weighted by Crippen LogP contribution is -2.60. The molecule has 7 rings (SSSR count). The second kappa shape index (κ2) is 13.3. The molecule has 15 heteroatoms. The van der Waals surface area contributed by atoms with Gasteiger partial charge in [0, 0.05) is 31.3 Å². The van der Waals surface area contributed by atoms with Crippen LogP contribution in [0.2, 0.25) is 0 Å². The normalized spacial score (nSPS) is 33.1. The van der Waals surface area contributed by atoms with Crippen molar-refractivity contribution < 1.29 is 41.9 Å². The highest BCUT2D eigenvalue weighted by atomic mass is 32.2. The van der Waals surface area contributed by atoms with Gasteiger partial charge >= 0.3 is 12.2 Å². The van der Waals surface area contributed by atoms with E-state index in [0.29, 0.717) is 25.9 Å². The van der Waals surface area contributed by atoms with Gasteiger partial charge in [-0.2, -0.15) is 0 Å². The Hall–Kier alpha value is -4.14. The van der Waals surface area contributed by atoms with Crippen LogP contribution in [0, 0.1) is 17.3 Å². The van der Waals surface area contributed by atoms with Crippen molar-refractivity contribution in [2.45, 2.75) is 133 Å². The van der Waals surface area contributed by atoms with Gasteiger partial charge in [0.05, 0.1) is 11.8 Å². The molecule has 288 valence electrons. The molecule has 3 heterocycles. The molecule has 14 nitrogen and oxygen atoms in total. The highest BCUT2D eigenvalue weighted by molar-refractivity contribution is 7.91. The molecule has 3 N–H and O–H groups in total. The van der Waals surface area contributed by atoms with Crippen LogP contribution in [0.3, 0.4) is 0 Å². The van der Waals surface area contributed by atoms with Crippen molar-refractivity contribution in [3.05, 3.63) is 47.5 Å². The van der Waals surface area contributed by atoms with E-state index in [9.17, 15) is 32.4 Å². The van der Waals surface area contributed by atoms with Crippen molar-refractivity contribution in [3.63, 3.8) is 0 Å². The van der Waals surface area contributed by atoms with Gasteiger partial charge in [0.25, 0.3) is 5.91 Å². The van der Waals surface area contributed by atoms with Crippen LogP contribution in [0.5, 0.6) is 0 Å². The van der Waals surface area contributed by atoms with E-state index in [4.69, 9.17) is 9.47 Å². The molecule has 4 bridgehead atoms. The molecule has 4 fully saturated rings. The third-order valence-electron chi connectivity index (χ3n) is 12.0. The standard InChI is InChI=1S/C38H51N5O9S/c1-6-24-18-38(24,33(46)41-53(49,50)27-14-15-27)40-31(44)29-16-26-20-43(29)32(45)30(36(2,3)4)39-34(47)52-37(5)17-25(37)13-8-7-10-22-11-9-12-23-19-42(21-28(22)23)35(48)51-26/h6,9,11-12,24-27,29-30H,1,7-8,10,13-21H2,2-5H3,(H,39,47)(H,40,44)(H,41,46)/t24-,25?,26?,29?,30?,37?,38-/m1/s1. The summed E-state index contributed by atoms with van der Waals surface area (Å²) >= 11 is 0. The fourth-order valence-electron chi connectivity index (χ4n) is 8.31. The Bertz CT molecular complexity index is 1840. The molecule has 6 aliphatic rings. The lowest BCUT2D eigenvalue weighted by molar-refractivity contribution is -0.143. The van der Waals surface area contributed by atoms with Crippen LogP contribution in [-0.4, -0.2) is 89.2 Å². The fraction of sp³-hybridized carbons (Fsp3) is 0.658. The summed E-state index contributed by atoms with van der Waals surface area (Å²) in [6, 6.07) is 3.77. The molecule has 5 amide bonds. The number of ether oxygens (including phenoxy) is 2. The number of hydrogen-bond acceptors (Lipinski definition) is 9. The quantitative estimate of drug-likeness (QED) is 0.367. The molecule has 1 aromatic carbocycles. The van der Waals surface area contributed by atoms with Gasteiger partial charge < -0.3 is 25.0 Å². The zero-order valence-electron chi connectivity index (χ0n) is 30.9. The van der Waals surface area contributed by atoms with Gasteiger partial charge in [-0.3, -0.25) is 24.0 Å². The Morgan fingerprint density at radius 2 is 1.79 bits per heavy atom. The van der Waals surface area contributed by atoms with Gasteiger partial charge in [-0.15, -0.1) is 6.58 Å². The van der Waals surface area contributed by atoms with E-state index in [-0.39, 0.29) is 25.3 Å². The van der Waals surface area contributed by atoms with Crippen molar-refractivity contribution in [2.75, 3.05) is 6.54 Å². The first-order valence-corrected chi connectivity index (χ1v) is 20.3. The minimum Gasteiger partial charge on any atom is -0.444 e. The van der Waals surface area contributed by atoms with Crippen LogP contribution in [-0.2, 0) is 53.4 Å². The first-order valence-electron chi connectivity index (χ1n) is 18.8. The van der Waals surface area contributed by atoms with Gasteiger partial charge in [0.1, 0.15) is 29.3 Å². The summed E-state index contributed by atoms with van der Waals surface area (Å²) < 4.78 is 39.4. The summed E-state index contributed by atoms with van der Waals surface area (Å²) in [5.74, 6) is -2.48. The van der Waals surface area contributed by atoms with Crippen molar-refractivity contribution >= 4 is 39.9 Å². The van der Waals surface area contributed by atoms with Gasteiger partial charge in [0.2, 0.25) is 21.8 Å². The minimum atomic E-state index is -3.91. The number of hydrogen-bond donors (Lipinski definition) is 3. The monoisotopic (exact) mass is 753 g/mol. The number of carbonyl (C=O) groups excluding carboxylic acids is 5. The zero-order valence-corrected chi connectivity index (χ0v) is 31.8. The molecule has 3 saturated carbocycles. The highest BCUT2D eigenvalue weighted by Gasteiger charge is 2.62. The van der Waals surface area contributed by atoms with Crippen LogP contribution in [0.15, 0.2) is 30.9 Å². The van der Waals surface area contributed by atoms with E-state index in [2.05, 4.69) is 28.0 Å². The van der Waals surface area contributed by atoms with E-state index in [1.807, 2.05) is 19.1 Å². The van der Waals surface area contributed by atoms with E-state index < -0.39 is 85.8 Å². The summed E-state index contributed by atoms with van der Waals surface area (Å²) in [5.41, 5.74) is 0.305. The smallest absolute Gasteiger partial charge is 0.410 e. The number of alkyl carbamates (subject to hydrolysis) is 1. The van der Waals surface area contributed by atoms with Crippen LogP contribution in [0.1, 0.15) is 95.8 Å². The number of carbonyl (C=O) groups is 5. The van der Waals surface area contributed by atoms with E-state index in [1.165, 1.54) is 16.5 Å². The largest absolute Gasteiger partial charge is 0.444 e. The zero-order chi connectivity index (χ0) is 38.1. The van der Waals surface area contributed by atoms with Crippen LogP contribution in [0.25, 0.3) is 0 Å². The molecule has 53 heavy (non-hydrogen) atoms. The molecule has 3 aliphatic carbocycles. The first-order chi connectivity index (χ1) is 24.9. The summed E-state index contributed by atoms with van der Waals surface area (Å²) in [5, 5.41) is 4.89. The van der Waals surface area contributed by atoms with Crippen molar-refractivity contribution in [1.82, 2.24) is 25.2 Å². The summed E-state index contributed by atoms with van der Waals surface area (Å²) in [6.45, 7) is 11.7. The Kier molecular flexibility index (Phi) is 9.34. The maximum atomic E-state index is 14.5. The number of benzene rings is 1. The molecule has 7 atom stereocenters.